The molecule has 2 nitrogen and oxygen atoms in total. The Hall–Kier alpha value is -2.90. The fraction of sp³-hybridized carbons (Fsp3) is 0.0714. The summed E-state index contributed by atoms with van der Waals surface area (Å²) in [5.74, 6) is 3.80. The van der Waals surface area contributed by atoms with Crippen LogP contribution in [-0.2, 0) is 26.2 Å². The van der Waals surface area contributed by atoms with Crippen LogP contribution in [-0.4, -0.2) is 0 Å². The van der Waals surface area contributed by atoms with Gasteiger partial charge in [0.05, 0.1) is 23.0 Å². The summed E-state index contributed by atoms with van der Waals surface area (Å²) in [4.78, 5) is 0. The Morgan fingerprint density at radius 1 is 0.548 bits per heavy atom. The van der Waals surface area contributed by atoms with Gasteiger partial charge in [-0.15, -0.1) is 57.9 Å². The average Bonchev–Trinajstić information content (AvgIpc) is 3.53. The molecule has 6 aromatic rings. The molecule has 0 fully saturated rings. The summed E-state index contributed by atoms with van der Waals surface area (Å²) in [6.07, 6.45) is 0. The third-order valence-corrected chi connectivity index (χ3v) is 5.29. The average molecular weight is 482 g/mol. The molecule has 4 aromatic carbocycles. The van der Waals surface area contributed by atoms with Crippen molar-refractivity contribution in [3.05, 3.63) is 109 Å². The van der Waals surface area contributed by atoms with E-state index in [1.807, 2.05) is 38.1 Å². The third-order valence-electron chi connectivity index (χ3n) is 5.29. The van der Waals surface area contributed by atoms with E-state index < -0.39 is 0 Å². The van der Waals surface area contributed by atoms with Crippen LogP contribution in [0.15, 0.2) is 106 Å². The summed E-state index contributed by atoms with van der Waals surface area (Å²) >= 11 is 0. The Morgan fingerprint density at radius 2 is 0.968 bits per heavy atom. The maximum atomic E-state index is 5.60. The van der Waals surface area contributed by atoms with Gasteiger partial charge in [0.2, 0.25) is 0 Å². The van der Waals surface area contributed by atoms with Crippen molar-refractivity contribution in [2.45, 2.75) is 13.8 Å². The first-order chi connectivity index (χ1) is 14.7. The van der Waals surface area contributed by atoms with Gasteiger partial charge in [0.1, 0.15) is 0 Å². The third kappa shape index (κ3) is 4.57. The van der Waals surface area contributed by atoms with E-state index >= 15 is 0 Å². The monoisotopic (exact) mass is 480 g/mol. The van der Waals surface area contributed by atoms with Crippen LogP contribution in [0.4, 0.5) is 0 Å². The first-order valence-electron chi connectivity index (χ1n) is 10.1. The second kappa shape index (κ2) is 9.08. The predicted octanol–water partition coefficient (Wildman–Crippen LogP) is 8.25. The van der Waals surface area contributed by atoms with Crippen LogP contribution in [0.1, 0.15) is 11.5 Å². The van der Waals surface area contributed by atoms with E-state index in [0.29, 0.717) is 0 Å². The van der Waals surface area contributed by atoms with E-state index in [-0.39, 0.29) is 26.2 Å². The minimum atomic E-state index is 0. The van der Waals surface area contributed by atoms with Crippen LogP contribution in [0.2, 0.25) is 0 Å². The van der Waals surface area contributed by atoms with Gasteiger partial charge in [-0.1, -0.05) is 47.5 Å². The van der Waals surface area contributed by atoms with Gasteiger partial charge in [0.25, 0.3) is 0 Å². The second-order valence-electron chi connectivity index (χ2n) is 7.57. The summed E-state index contributed by atoms with van der Waals surface area (Å²) in [6.45, 7) is 3.93. The molecule has 0 aliphatic rings. The van der Waals surface area contributed by atoms with Gasteiger partial charge in [0, 0.05) is 0 Å². The molecule has 0 bridgehead atoms. The Kier molecular flexibility index (Phi) is 6.25. The maximum absolute atomic E-state index is 5.60. The molecule has 0 N–H and O–H groups in total. The number of hydrogen-bond donors (Lipinski definition) is 0. The van der Waals surface area contributed by atoms with Crippen molar-refractivity contribution < 1.29 is 35.0 Å². The molecular formula is C28H22O2Zr. The molecule has 6 rings (SSSR count). The molecule has 0 spiro atoms. The van der Waals surface area contributed by atoms with Crippen molar-refractivity contribution in [1.82, 2.24) is 0 Å². The summed E-state index contributed by atoms with van der Waals surface area (Å²) in [5, 5.41) is 5.06. The zero-order valence-electron chi connectivity index (χ0n) is 17.6. The molecule has 0 aliphatic heterocycles. The Bertz CT molecular complexity index is 1250. The number of furan rings is 2. The molecule has 2 aromatic heterocycles. The van der Waals surface area contributed by atoms with Gasteiger partial charge in [0.15, 0.2) is 0 Å². The number of aryl methyl sites for hydroxylation is 2. The molecule has 2 heterocycles. The summed E-state index contributed by atoms with van der Waals surface area (Å²) in [7, 11) is 0. The summed E-state index contributed by atoms with van der Waals surface area (Å²) < 4.78 is 11.2. The van der Waals surface area contributed by atoms with Crippen LogP contribution in [0.5, 0.6) is 0 Å². The van der Waals surface area contributed by atoms with E-state index in [4.69, 9.17) is 8.83 Å². The number of hydrogen-bond acceptors (Lipinski definition) is 2. The number of benzene rings is 2. The van der Waals surface area contributed by atoms with Crippen molar-refractivity contribution >= 4 is 21.5 Å². The quantitative estimate of drug-likeness (QED) is 0.233. The summed E-state index contributed by atoms with van der Waals surface area (Å²) in [5.41, 5.74) is 2.31. The van der Waals surface area contributed by atoms with Crippen LogP contribution in [0.25, 0.3) is 44.2 Å². The zero-order chi connectivity index (χ0) is 20.5. The molecule has 3 heteroatoms. The van der Waals surface area contributed by atoms with Crippen LogP contribution >= 0.6 is 0 Å². The molecule has 0 radical (unpaired) electrons. The van der Waals surface area contributed by atoms with E-state index in [1.165, 1.54) is 21.5 Å². The van der Waals surface area contributed by atoms with Crippen molar-refractivity contribution in [2.75, 3.05) is 0 Å². The van der Waals surface area contributed by atoms with Crippen molar-refractivity contribution in [3.63, 3.8) is 0 Å². The molecular weight excluding hydrogens is 460 g/mol. The molecule has 0 atom stereocenters. The molecule has 0 amide bonds. The Balaban J connectivity index is 0.000000144. The van der Waals surface area contributed by atoms with Gasteiger partial charge < -0.3 is 8.83 Å². The predicted molar refractivity (Wildman–Crippen MR) is 124 cm³/mol. The minimum Gasteiger partial charge on any atom is -0.496 e. The second-order valence-corrected chi connectivity index (χ2v) is 7.57. The topological polar surface area (TPSA) is 26.3 Å². The molecule has 31 heavy (non-hydrogen) atoms. The van der Waals surface area contributed by atoms with Gasteiger partial charge in [-0.25, -0.2) is 0 Å². The fourth-order valence-electron chi connectivity index (χ4n) is 3.76. The number of fused-ring (bicyclic) bond motifs is 2. The van der Waals surface area contributed by atoms with Gasteiger partial charge in [-0.05, 0) is 38.1 Å². The first-order valence-corrected chi connectivity index (χ1v) is 10.1. The molecule has 0 unspecified atom stereocenters. The normalized spacial score (nSPS) is 10.6. The van der Waals surface area contributed by atoms with Gasteiger partial charge in [-0.3, -0.25) is 0 Å². The van der Waals surface area contributed by atoms with E-state index in [2.05, 4.69) is 72.8 Å². The molecule has 150 valence electrons. The van der Waals surface area contributed by atoms with E-state index in [1.54, 1.807) is 0 Å². The van der Waals surface area contributed by atoms with Gasteiger partial charge >= 0.3 is 26.2 Å². The molecule has 0 saturated heterocycles. The minimum absolute atomic E-state index is 0. The molecule has 0 aliphatic carbocycles. The standard InChI is InChI=1S/2C14H11O.Zr/c2*1-10-6-7-14(15-10)13-8-11-4-2-3-5-12(11)9-13;/h2*2-9H,1H3;/q2*-1;+2. The molecule has 0 saturated carbocycles. The smallest absolute Gasteiger partial charge is 0.496 e. The Labute approximate surface area is 201 Å². The van der Waals surface area contributed by atoms with Crippen LogP contribution in [0.3, 0.4) is 0 Å². The van der Waals surface area contributed by atoms with Gasteiger partial charge in [-0.2, -0.15) is 0 Å². The van der Waals surface area contributed by atoms with Crippen molar-refractivity contribution in [2.24, 2.45) is 0 Å². The summed E-state index contributed by atoms with van der Waals surface area (Å²) in [6, 6.07) is 33.4. The Morgan fingerprint density at radius 3 is 1.32 bits per heavy atom. The van der Waals surface area contributed by atoms with E-state index in [0.717, 1.165) is 34.2 Å². The number of rotatable bonds is 2. The SMILES string of the molecule is Cc1ccc(-c2cc3ccccc3[cH-]2)o1.Cc1ccc(-c2cc3ccccc3[cH-]2)o1.[Zr+2]. The van der Waals surface area contributed by atoms with Crippen molar-refractivity contribution in [3.8, 4) is 22.6 Å². The van der Waals surface area contributed by atoms with Crippen molar-refractivity contribution in [1.29, 1.82) is 0 Å². The fourth-order valence-corrected chi connectivity index (χ4v) is 3.76. The first kappa shape index (κ1) is 21.3. The largest absolute Gasteiger partial charge is 2.00 e. The van der Waals surface area contributed by atoms with Crippen LogP contribution in [0, 0.1) is 13.8 Å². The van der Waals surface area contributed by atoms with E-state index in [9.17, 15) is 0 Å². The van der Waals surface area contributed by atoms with Crippen LogP contribution < -0.4 is 0 Å². The maximum Gasteiger partial charge on any atom is 2.00 e. The zero-order valence-corrected chi connectivity index (χ0v) is 20.0.